The summed E-state index contributed by atoms with van der Waals surface area (Å²) in [6, 6.07) is 7.68. The number of rotatable bonds is 1. The molecule has 1 aromatic rings. The van der Waals surface area contributed by atoms with Crippen LogP contribution in [0.3, 0.4) is 0 Å². The molecule has 0 aromatic heterocycles. The molecule has 2 nitrogen and oxygen atoms in total. The third-order valence-electron chi connectivity index (χ3n) is 3.30. The zero-order chi connectivity index (χ0) is 13.5. The third-order valence-corrected chi connectivity index (χ3v) is 3.91. The van der Waals surface area contributed by atoms with Gasteiger partial charge in [-0.1, -0.05) is 27.5 Å². The highest BCUT2D eigenvalue weighted by atomic mass is 79.9. The van der Waals surface area contributed by atoms with Crippen molar-refractivity contribution in [2.45, 2.75) is 26.3 Å². The SMILES string of the molecule is C/C(Br)=C1\OC(c2ccc(Cl)cc2)=[N+](C)C1(C)C.[Br-]. The van der Waals surface area contributed by atoms with Gasteiger partial charge in [-0.15, -0.1) is 0 Å². The van der Waals surface area contributed by atoms with Crippen LogP contribution in [0.25, 0.3) is 0 Å². The molecule has 0 unspecified atom stereocenters. The lowest BCUT2D eigenvalue weighted by molar-refractivity contribution is -0.556. The summed E-state index contributed by atoms with van der Waals surface area (Å²) >= 11 is 9.42. The maximum Gasteiger partial charge on any atom is 0.375 e. The Labute approximate surface area is 138 Å². The van der Waals surface area contributed by atoms with Crippen LogP contribution in [0.4, 0.5) is 0 Å². The quantitative estimate of drug-likeness (QED) is 0.635. The summed E-state index contributed by atoms with van der Waals surface area (Å²) in [7, 11) is 2.03. The zero-order valence-corrected chi connectivity index (χ0v) is 15.2. The highest BCUT2D eigenvalue weighted by Crippen LogP contribution is 2.33. The van der Waals surface area contributed by atoms with E-state index in [0.29, 0.717) is 0 Å². The lowest BCUT2D eigenvalue weighted by Gasteiger charge is -2.13. The van der Waals surface area contributed by atoms with Crippen molar-refractivity contribution in [1.82, 2.24) is 0 Å². The van der Waals surface area contributed by atoms with Crippen LogP contribution < -0.4 is 17.0 Å². The Balaban J connectivity index is 0.00000180. The minimum Gasteiger partial charge on any atom is -1.00 e. The molecule has 2 rings (SSSR count). The molecule has 19 heavy (non-hydrogen) atoms. The molecule has 104 valence electrons. The molecular formula is C14H16Br2ClNO. The Hall–Kier alpha value is -0.320. The average Bonchev–Trinajstić information content (AvgIpc) is 2.53. The summed E-state index contributed by atoms with van der Waals surface area (Å²) < 4.78 is 9.16. The maximum atomic E-state index is 6.01. The average molecular weight is 410 g/mol. The van der Waals surface area contributed by atoms with Gasteiger partial charge in [0.2, 0.25) is 5.54 Å². The highest BCUT2D eigenvalue weighted by Gasteiger charge is 2.46. The van der Waals surface area contributed by atoms with E-state index in [2.05, 4.69) is 34.4 Å². The summed E-state index contributed by atoms with van der Waals surface area (Å²) in [5.41, 5.74) is 0.862. The molecule has 0 radical (unpaired) electrons. The van der Waals surface area contributed by atoms with Gasteiger partial charge in [0, 0.05) is 23.4 Å². The summed E-state index contributed by atoms with van der Waals surface area (Å²) in [5.74, 6) is 1.79. The lowest BCUT2D eigenvalue weighted by atomic mass is 10.0. The maximum absolute atomic E-state index is 6.01. The summed E-state index contributed by atoms with van der Waals surface area (Å²) in [4.78, 5) is 0. The molecule has 1 aliphatic rings. The van der Waals surface area contributed by atoms with Crippen LogP contribution in [-0.4, -0.2) is 23.1 Å². The third kappa shape index (κ3) is 3.06. The number of likely N-dealkylation sites (N-methyl/N-ethyl adjacent to an activating group) is 1. The van der Waals surface area contributed by atoms with Crippen molar-refractivity contribution in [3.05, 3.63) is 45.1 Å². The fraction of sp³-hybridized carbons (Fsp3) is 0.357. The van der Waals surface area contributed by atoms with Crippen LogP contribution in [0.5, 0.6) is 0 Å². The minimum atomic E-state index is -0.164. The lowest BCUT2D eigenvalue weighted by Crippen LogP contribution is -3.00. The standard InChI is InChI=1S/C14H16BrClNO.BrH/c1-9(15)12-14(2,3)17(4)13(18-12)10-5-7-11(16)8-6-10;/h5-8H,1-4H3;1H/q+1;/p-1/b12-9+;. The first-order chi connectivity index (χ1) is 8.34. The number of hydrogen-bond acceptors (Lipinski definition) is 1. The van der Waals surface area contributed by atoms with Gasteiger partial charge in [0.25, 0.3) is 0 Å². The predicted octanol–water partition coefficient (Wildman–Crippen LogP) is 1.17. The van der Waals surface area contributed by atoms with Gasteiger partial charge in [0.05, 0.1) is 5.56 Å². The number of benzene rings is 1. The van der Waals surface area contributed by atoms with E-state index in [1.807, 2.05) is 38.2 Å². The Morgan fingerprint density at radius 2 is 1.79 bits per heavy atom. The Morgan fingerprint density at radius 1 is 1.26 bits per heavy atom. The largest absolute Gasteiger partial charge is 1.00 e. The smallest absolute Gasteiger partial charge is 0.375 e. The molecule has 0 saturated carbocycles. The molecule has 0 spiro atoms. The summed E-state index contributed by atoms with van der Waals surface area (Å²) in [6.45, 7) is 6.27. The topological polar surface area (TPSA) is 12.2 Å². The van der Waals surface area contributed by atoms with Crippen molar-refractivity contribution in [3.8, 4) is 0 Å². The molecule has 0 bridgehead atoms. The molecule has 1 heterocycles. The van der Waals surface area contributed by atoms with Gasteiger partial charge in [0.15, 0.2) is 5.76 Å². The van der Waals surface area contributed by atoms with Crippen molar-refractivity contribution in [3.63, 3.8) is 0 Å². The Morgan fingerprint density at radius 3 is 2.21 bits per heavy atom. The van der Waals surface area contributed by atoms with E-state index in [4.69, 9.17) is 16.3 Å². The van der Waals surface area contributed by atoms with Gasteiger partial charge in [-0.25, -0.2) is 0 Å². The fourth-order valence-corrected chi connectivity index (χ4v) is 2.73. The van der Waals surface area contributed by atoms with Crippen LogP contribution in [0.2, 0.25) is 5.02 Å². The number of halogens is 3. The molecular weight excluding hydrogens is 393 g/mol. The van der Waals surface area contributed by atoms with E-state index in [1.165, 1.54) is 0 Å². The fourth-order valence-electron chi connectivity index (χ4n) is 2.03. The van der Waals surface area contributed by atoms with Crippen LogP contribution in [0.1, 0.15) is 26.3 Å². The second-order valence-corrected chi connectivity index (χ2v) is 6.52. The van der Waals surface area contributed by atoms with Crippen LogP contribution in [-0.2, 0) is 4.74 Å². The molecule has 0 atom stereocenters. The van der Waals surface area contributed by atoms with Crippen LogP contribution in [0.15, 0.2) is 34.5 Å². The van der Waals surface area contributed by atoms with Crippen molar-refractivity contribution in [1.29, 1.82) is 0 Å². The second kappa shape index (κ2) is 5.98. The van der Waals surface area contributed by atoms with Crippen molar-refractivity contribution < 1.29 is 26.3 Å². The number of allylic oxidation sites excluding steroid dienone is 1. The van der Waals surface area contributed by atoms with Gasteiger partial charge in [-0.05, 0) is 31.2 Å². The second-order valence-electron chi connectivity index (χ2n) is 4.89. The van der Waals surface area contributed by atoms with Gasteiger partial charge in [-0.3, -0.25) is 0 Å². The molecule has 5 heteroatoms. The molecule has 0 saturated heterocycles. The van der Waals surface area contributed by atoms with Gasteiger partial charge >= 0.3 is 5.90 Å². The molecule has 0 N–H and O–H groups in total. The number of nitrogens with zero attached hydrogens (tertiary/aromatic N) is 1. The number of hydrogen-bond donors (Lipinski definition) is 0. The minimum absolute atomic E-state index is 0. The normalized spacial score (nSPS) is 19.9. The Bertz CT molecular complexity index is 543. The van der Waals surface area contributed by atoms with Gasteiger partial charge in [-0.2, -0.15) is 4.58 Å². The predicted molar refractivity (Wildman–Crippen MR) is 78.5 cm³/mol. The monoisotopic (exact) mass is 407 g/mol. The molecule has 1 aromatic carbocycles. The van der Waals surface area contributed by atoms with E-state index in [0.717, 1.165) is 26.7 Å². The molecule has 1 aliphatic heterocycles. The van der Waals surface area contributed by atoms with Crippen LogP contribution >= 0.6 is 27.5 Å². The number of ether oxygens (including phenoxy) is 1. The van der Waals surface area contributed by atoms with Crippen LogP contribution in [0, 0.1) is 0 Å². The highest BCUT2D eigenvalue weighted by molar-refractivity contribution is 9.11. The van der Waals surface area contributed by atoms with E-state index in [9.17, 15) is 0 Å². The van der Waals surface area contributed by atoms with Crippen molar-refractivity contribution in [2.24, 2.45) is 0 Å². The van der Waals surface area contributed by atoms with E-state index >= 15 is 0 Å². The first-order valence-electron chi connectivity index (χ1n) is 5.75. The Kier molecular flexibility index (Phi) is 5.27. The van der Waals surface area contributed by atoms with Gasteiger partial charge < -0.3 is 21.7 Å². The summed E-state index contributed by atoms with van der Waals surface area (Å²) in [6.07, 6.45) is 0. The summed E-state index contributed by atoms with van der Waals surface area (Å²) in [5, 5.41) is 0.728. The molecule has 0 aliphatic carbocycles. The zero-order valence-electron chi connectivity index (χ0n) is 11.3. The van der Waals surface area contributed by atoms with Crippen molar-refractivity contribution >= 4 is 33.4 Å². The van der Waals surface area contributed by atoms with E-state index in [-0.39, 0.29) is 22.5 Å². The van der Waals surface area contributed by atoms with Gasteiger partial charge in [0.1, 0.15) is 7.05 Å². The molecule has 0 fully saturated rings. The molecule has 0 amide bonds. The van der Waals surface area contributed by atoms with E-state index in [1.54, 1.807) is 0 Å². The first-order valence-corrected chi connectivity index (χ1v) is 6.92. The van der Waals surface area contributed by atoms with E-state index < -0.39 is 0 Å². The first kappa shape index (κ1) is 16.7. The van der Waals surface area contributed by atoms with Crippen molar-refractivity contribution in [2.75, 3.05) is 7.05 Å².